The molecular formula is C20H26ClN3O2. The molecule has 0 radical (unpaired) electrons. The summed E-state index contributed by atoms with van der Waals surface area (Å²) in [6.45, 7) is 0.485. The molecule has 0 spiro atoms. The van der Waals surface area contributed by atoms with Gasteiger partial charge in [-0.2, -0.15) is 0 Å². The Morgan fingerprint density at radius 1 is 1.04 bits per heavy atom. The molecule has 0 bridgehead atoms. The summed E-state index contributed by atoms with van der Waals surface area (Å²) < 4.78 is 5.47. The van der Waals surface area contributed by atoms with Crippen molar-refractivity contribution in [3.05, 3.63) is 59.1 Å². The SMILES string of the molecule is CN(C)c1ccc(C(CNC(=O)COc2ccc(Cl)cc2)N(C)C)cc1. The van der Waals surface area contributed by atoms with Crippen LogP contribution in [0.2, 0.25) is 5.02 Å². The zero-order valence-corrected chi connectivity index (χ0v) is 16.5. The number of hydrogen-bond acceptors (Lipinski definition) is 4. The topological polar surface area (TPSA) is 44.8 Å². The van der Waals surface area contributed by atoms with Gasteiger partial charge in [0.2, 0.25) is 0 Å². The van der Waals surface area contributed by atoms with Crippen LogP contribution in [0, 0.1) is 0 Å². The van der Waals surface area contributed by atoms with Crippen LogP contribution in [0.4, 0.5) is 5.69 Å². The van der Waals surface area contributed by atoms with Crippen molar-refractivity contribution in [3.63, 3.8) is 0 Å². The summed E-state index contributed by atoms with van der Waals surface area (Å²) in [4.78, 5) is 16.2. The van der Waals surface area contributed by atoms with Gasteiger partial charge in [-0.15, -0.1) is 0 Å². The quantitative estimate of drug-likeness (QED) is 0.769. The normalized spacial score (nSPS) is 11.9. The average molecular weight is 376 g/mol. The van der Waals surface area contributed by atoms with Crippen molar-refractivity contribution < 1.29 is 9.53 Å². The molecule has 1 N–H and O–H groups in total. The Labute approximate surface area is 160 Å². The second kappa shape index (κ2) is 9.46. The molecule has 5 nitrogen and oxygen atoms in total. The van der Waals surface area contributed by atoms with Crippen molar-refractivity contribution in [2.45, 2.75) is 6.04 Å². The number of likely N-dealkylation sites (N-methyl/N-ethyl adjacent to an activating group) is 1. The van der Waals surface area contributed by atoms with Gasteiger partial charge in [-0.1, -0.05) is 23.7 Å². The Morgan fingerprint density at radius 3 is 2.19 bits per heavy atom. The van der Waals surface area contributed by atoms with Crippen LogP contribution in [-0.4, -0.2) is 52.1 Å². The van der Waals surface area contributed by atoms with Crippen LogP contribution >= 0.6 is 11.6 Å². The van der Waals surface area contributed by atoms with Gasteiger partial charge in [0.1, 0.15) is 5.75 Å². The van der Waals surface area contributed by atoms with Gasteiger partial charge in [-0.05, 0) is 56.1 Å². The highest BCUT2D eigenvalue weighted by atomic mass is 35.5. The second-order valence-corrected chi connectivity index (χ2v) is 6.95. The van der Waals surface area contributed by atoms with Crippen LogP contribution in [0.15, 0.2) is 48.5 Å². The molecule has 2 aromatic rings. The van der Waals surface area contributed by atoms with Gasteiger partial charge in [0.15, 0.2) is 6.61 Å². The van der Waals surface area contributed by atoms with Crippen molar-refractivity contribution in [2.24, 2.45) is 0 Å². The van der Waals surface area contributed by atoms with Gasteiger partial charge in [-0.3, -0.25) is 4.79 Å². The van der Waals surface area contributed by atoms with Gasteiger partial charge in [-0.25, -0.2) is 0 Å². The van der Waals surface area contributed by atoms with E-state index in [2.05, 4.69) is 39.4 Å². The molecular weight excluding hydrogens is 350 g/mol. The smallest absolute Gasteiger partial charge is 0.258 e. The minimum Gasteiger partial charge on any atom is -0.484 e. The van der Waals surface area contributed by atoms with E-state index >= 15 is 0 Å². The lowest BCUT2D eigenvalue weighted by Gasteiger charge is -2.25. The third-order valence-corrected chi connectivity index (χ3v) is 4.35. The van der Waals surface area contributed by atoms with E-state index in [4.69, 9.17) is 16.3 Å². The van der Waals surface area contributed by atoms with Crippen LogP contribution in [-0.2, 0) is 4.79 Å². The molecule has 0 aliphatic rings. The molecule has 26 heavy (non-hydrogen) atoms. The van der Waals surface area contributed by atoms with Gasteiger partial charge in [0.25, 0.3) is 5.91 Å². The summed E-state index contributed by atoms with van der Waals surface area (Å²) in [7, 11) is 8.03. The third-order valence-electron chi connectivity index (χ3n) is 4.09. The molecule has 1 unspecified atom stereocenters. The van der Waals surface area contributed by atoms with Crippen LogP contribution in [0.3, 0.4) is 0 Å². The number of nitrogens with one attached hydrogen (secondary N) is 1. The van der Waals surface area contributed by atoms with E-state index < -0.39 is 0 Å². The molecule has 1 amide bonds. The maximum Gasteiger partial charge on any atom is 0.258 e. The molecule has 0 fully saturated rings. The van der Waals surface area contributed by atoms with Crippen molar-refractivity contribution in [1.29, 1.82) is 0 Å². The molecule has 2 rings (SSSR count). The lowest BCUT2D eigenvalue weighted by Crippen LogP contribution is -2.36. The molecule has 0 heterocycles. The van der Waals surface area contributed by atoms with Gasteiger partial charge >= 0.3 is 0 Å². The Hall–Kier alpha value is -2.24. The average Bonchev–Trinajstić information content (AvgIpc) is 2.61. The van der Waals surface area contributed by atoms with Crippen molar-refractivity contribution in [3.8, 4) is 5.75 Å². The molecule has 0 saturated heterocycles. The molecule has 0 aromatic heterocycles. The predicted molar refractivity (Wildman–Crippen MR) is 107 cm³/mol. The van der Waals surface area contributed by atoms with Gasteiger partial charge < -0.3 is 19.9 Å². The molecule has 0 aliphatic carbocycles. The summed E-state index contributed by atoms with van der Waals surface area (Å²) in [5.41, 5.74) is 2.30. The highest BCUT2D eigenvalue weighted by Crippen LogP contribution is 2.21. The molecule has 2 aromatic carbocycles. The Kier molecular flexibility index (Phi) is 7.30. The summed E-state index contributed by atoms with van der Waals surface area (Å²) in [6, 6.07) is 15.4. The fourth-order valence-electron chi connectivity index (χ4n) is 2.53. The first-order valence-electron chi connectivity index (χ1n) is 8.45. The highest BCUT2D eigenvalue weighted by Gasteiger charge is 2.15. The summed E-state index contributed by atoms with van der Waals surface area (Å²) in [6.07, 6.45) is 0. The maximum absolute atomic E-state index is 12.1. The fourth-order valence-corrected chi connectivity index (χ4v) is 2.66. The van der Waals surface area contributed by atoms with Gasteiger partial charge in [0.05, 0.1) is 6.04 Å². The first-order chi connectivity index (χ1) is 12.4. The standard InChI is InChI=1S/C20H26ClN3O2/c1-23(2)17-9-5-15(6-10-17)19(24(3)4)13-22-20(25)14-26-18-11-7-16(21)8-12-18/h5-12,19H,13-14H2,1-4H3,(H,22,25). The van der Waals surface area contributed by atoms with E-state index in [9.17, 15) is 4.79 Å². The number of amides is 1. The van der Waals surface area contributed by atoms with Crippen LogP contribution in [0.1, 0.15) is 11.6 Å². The largest absolute Gasteiger partial charge is 0.484 e. The van der Waals surface area contributed by atoms with Crippen molar-refractivity contribution in [2.75, 3.05) is 46.2 Å². The number of carbonyl (C=O) groups is 1. The number of carbonyl (C=O) groups excluding carboxylic acids is 1. The number of halogens is 1. The number of hydrogen-bond donors (Lipinski definition) is 1. The Balaban J connectivity index is 1.89. The van der Waals surface area contributed by atoms with E-state index in [0.717, 1.165) is 11.3 Å². The van der Waals surface area contributed by atoms with E-state index in [1.165, 1.54) is 0 Å². The lowest BCUT2D eigenvalue weighted by atomic mass is 10.1. The van der Waals surface area contributed by atoms with Crippen LogP contribution < -0.4 is 15.0 Å². The third kappa shape index (κ3) is 5.93. The Morgan fingerprint density at radius 2 is 1.65 bits per heavy atom. The lowest BCUT2D eigenvalue weighted by molar-refractivity contribution is -0.123. The summed E-state index contributed by atoms with van der Waals surface area (Å²) in [5, 5.41) is 3.57. The first kappa shape index (κ1) is 20.1. The highest BCUT2D eigenvalue weighted by molar-refractivity contribution is 6.30. The van der Waals surface area contributed by atoms with Crippen molar-refractivity contribution >= 4 is 23.2 Å². The van der Waals surface area contributed by atoms with E-state index in [1.54, 1.807) is 24.3 Å². The molecule has 0 saturated carbocycles. The molecule has 1 atom stereocenters. The number of anilines is 1. The minimum atomic E-state index is -0.156. The molecule has 0 aliphatic heterocycles. The predicted octanol–water partition coefficient (Wildman–Crippen LogP) is 3.20. The number of rotatable bonds is 8. The molecule has 6 heteroatoms. The first-order valence-corrected chi connectivity index (χ1v) is 8.83. The summed E-state index contributed by atoms with van der Waals surface area (Å²) in [5.74, 6) is 0.463. The zero-order chi connectivity index (χ0) is 19.1. The van der Waals surface area contributed by atoms with E-state index in [0.29, 0.717) is 17.3 Å². The number of benzene rings is 2. The summed E-state index contributed by atoms with van der Waals surface area (Å²) >= 11 is 5.83. The zero-order valence-electron chi connectivity index (χ0n) is 15.7. The van der Waals surface area contributed by atoms with Crippen LogP contribution in [0.5, 0.6) is 5.75 Å². The van der Waals surface area contributed by atoms with Crippen LogP contribution in [0.25, 0.3) is 0 Å². The maximum atomic E-state index is 12.1. The van der Waals surface area contributed by atoms with E-state index in [1.807, 2.05) is 28.2 Å². The van der Waals surface area contributed by atoms with Crippen molar-refractivity contribution in [1.82, 2.24) is 10.2 Å². The van der Waals surface area contributed by atoms with Gasteiger partial charge in [0, 0.05) is 31.4 Å². The minimum absolute atomic E-state index is 0.0264. The monoisotopic (exact) mass is 375 g/mol. The number of nitrogens with zero attached hydrogens (tertiary/aromatic N) is 2. The second-order valence-electron chi connectivity index (χ2n) is 6.51. The number of ether oxygens (including phenoxy) is 1. The van der Waals surface area contributed by atoms with E-state index in [-0.39, 0.29) is 18.6 Å². The fraction of sp³-hybridized carbons (Fsp3) is 0.350. The Bertz CT molecular complexity index is 700. The molecule has 140 valence electrons.